The number of hydrogen-bond acceptors (Lipinski definition) is 4. The van der Waals surface area contributed by atoms with Gasteiger partial charge in [-0.3, -0.25) is 9.69 Å². The monoisotopic (exact) mass is 350 g/mol. The third kappa shape index (κ3) is 3.89. The zero-order valence-electron chi connectivity index (χ0n) is 14.6. The Morgan fingerprint density at radius 1 is 1.04 bits per heavy atom. The minimum absolute atomic E-state index is 0.0158. The standard InChI is InChI=1S/C21H22N2O3/c24-21(22-13-17-6-7-19-20(12-17)26-15-25-19)18-8-10-23(11-9-18)14-16-4-2-1-3-5-16/h1-8,12H,9-11,13-15H2,(H,22,24). The summed E-state index contributed by atoms with van der Waals surface area (Å²) in [5, 5.41) is 3.00. The molecule has 5 heteroatoms. The fraction of sp³-hybridized carbons (Fsp3) is 0.286. The van der Waals surface area contributed by atoms with Gasteiger partial charge in [-0.2, -0.15) is 0 Å². The summed E-state index contributed by atoms with van der Waals surface area (Å²) in [6, 6.07) is 16.2. The van der Waals surface area contributed by atoms with Gasteiger partial charge in [-0.15, -0.1) is 0 Å². The summed E-state index contributed by atoms with van der Waals surface area (Å²) in [5.74, 6) is 1.51. The molecule has 0 bridgehead atoms. The minimum Gasteiger partial charge on any atom is -0.454 e. The highest BCUT2D eigenvalue weighted by Gasteiger charge is 2.18. The van der Waals surface area contributed by atoms with Crippen molar-refractivity contribution in [3.8, 4) is 11.5 Å². The first kappa shape index (κ1) is 16.7. The molecule has 0 radical (unpaired) electrons. The Labute approximate surface area is 153 Å². The molecule has 0 unspecified atom stereocenters. The van der Waals surface area contributed by atoms with E-state index in [4.69, 9.17) is 9.47 Å². The highest BCUT2D eigenvalue weighted by Crippen LogP contribution is 2.32. The molecule has 2 aromatic rings. The topological polar surface area (TPSA) is 50.8 Å². The SMILES string of the molecule is O=C(NCc1ccc2c(c1)OCO2)C1=CCN(Cc2ccccc2)CC1. The summed E-state index contributed by atoms with van der Waals surface area (Å²) in [4.78, 5) is 14.8. The van der Waals surface area contributed by atoms with Crippen LogP contribution in [-0.2, 0) is 17.9 Å². The molecule has 0 saturated carbocycles. The summed E-state index contributed by atoms with van der Waals surface area (Å²) in [5.41, 5.74) is 3.18. The number of carbonyl (C=O) groups is 1. The maximum Gasteiger partial charge on any atom is 0.247 e. The van der Waals surface area contributed by atoms with Crippen LogP contribution in [0, 0.1) is 0 Å². The third-order valence-electron chi connectivity index (χ3n) is 4.72. The fourth-order valence-corrected chi connectivity index (χ4v) is 3.25. The van der Waals surface area contributed by atoms with Crippen LogP contribution >= 0.6 is 0 Å². The second kappa shape index (κ2) is 7.62. The summed E-state index contributed by atoms with van der Waals surface area (Å²) < 4.78 is 10.7. The van der Waals surface area contributed by atoms with E-state index < -0.39 is 0 Å². The van der Waals surface area contributed by atoms with Crippen molar-refractivity contribution in [2.75, 3.05) is 19.9 Å². The molecule has 0 atom stereocenters. The van der Waals surface area contributed by atoms with E-state index in [9.17, 15) is 4.79 Å². The Bertz CT molecular complexity index is 817. The first-order valence-corrected chi connectivity index (χ1v) is 8.90. The highest BCUT2D eigenvalue weighted by molar-refractivity contribution is 5.93. The van der Waals surface area contributed by atoms with E-state index in [0.29, 0.717) is 6.54 Å². The molecule has 0 aromatic heterocycles. The molecule has 1 N–H and O–H groups in total. The van der Waals surface area contributed by atoms with Crippen LogP contribution < -0.4 is 14.8 Å². The number of ether oxygens (including phenoxy) is 2. The summed E-state index contributed by atoms with van der Waals surface area (Å²) in [7, 11) is 0. The average Bonchev–Trinajstić information content (AvgIpc) is 3.15. The molecule has 0 fully saturated rings. The van der Waals surface area contributed by atoms with Crippen LogP contribution in [0.5, 0.6) is 11.5 Å². The number of fused-ring (bicyclic) bond motifs is 1. The van der Waals surface area contributed by atoms with Gasteiger partial charge in [0.05, 0.1) is 0 Å². The molecule has 4 rings (SSSR count). The lowest BCUT2D eigenvalue weighted by atomic mass is 10.1. The van der Waals surface area contributed by atoms with Gasteiger partial charge in [0.25, 0.3) is 0 Å². The molecule has 2 aliphatic rings. The molecular formula is C21H22N2O3. The van der Waals surface area contributed by atoms with E-state index in [2.05, 4.69) is 34.5 Å². The Hall–Kier alpha value is -2.79. The van der Waals surface area contributed by atoms with Crippen molar-refractivity contribution < 1.29 is 14.3 Å². The van der Waals surface area contributed by atoms with Gasteiger partial charge in [0, 0.05) is 31.8 Å². The zero-order valence-corrected chi connectivity index (χ0v) is 14.6. The van der Waals surface area contributed by atoms with Crippen LogP contribution in [0.4, 0.5) is 0 Å². The van der Waals surface area contributed by atoms with Crippen LogP contribution in [0.25, 0.3) is 0 Å². The van der Waals surface area contributed by atoms with Crippen LogP contribution in [0.2, 0.25) is 0 Å². The lowest BCUT2D eigenvalue weighted by Crippen LogP contribution is -2.33. The first-order chi connectivity index (χ1) is 12.8. The molecule has 2 aromatic carbocycles. The van der Waals surface area contributed by atoms with E-state index >= 15 is 0 Å². The van der Waals surface area contributed by atoms with E-state index in [1.165, 1.54) is 5.56 Å². The maximum absolute atomic E-state index is 12.4. The van der Waals surface area contributed by atoms with Gasteiger partial charge in [0.1, 0.15) is 0 Å². The van der Waals surface area contributed by atoms with Gasteiger partial charge < -0.3 is 14.8 Å². The number of nitrogens with one attached hydrogen (secondary N) is 1. The molecule has 0 aliphatic carbocycles. The predicted molar refractivity (Wildman–Crippen MR) is 98.8 cm³/mol. The molecule has 2 aliphatic heterocycles. The number of amides is 1. The van der Waals surface area contributed by atoms with Gasteiger partial charge in [0.15, 0.2) is 11.5 Å². The van der Waals surface area contributed by atoms with E-state index in [1.807, 2.05) is 30.3 Å². The van der Waals surface area contributed by atoms with Crippen molar-refractivity contribution in [2.45, 2.75) is 19.5 Å². The number of nitrogens with zero attached hydrogens (tertiary/aromatic N) is 1. The molecular weight excluding hydrogens is 328 g/mol. The van der Waals surface area contributed by atoms with Crippen molar-refractivity contribution in [2.24, 2.45) is 0 Å². The number of benzene rings is 2. The number of rotatable bonds is 5. The molecule has 0 saturated heterocycles. The first-order valence-electron chi connectivity index (χ1n) is 8.90. The second-order valence-corrected chi connectivity index (χ2v) is 6.57. The molecule has 5 nitrogen and oxygen atoms in total. The summed E-state index contributed by atoms with van der Waals surface area (Å²) >= 11 is 0. The van der Waals surface area contributed by atoms with Crippen LogP contribution in [0.1, 0.15) is 17.5 Å². The Morgan fingerprint density at radius 3 is 2.69 bits per heavy atom. The Kier molecular flexibility index (Phi) is 4.88. The van der Waals surface area contributed by atoms with Crippen molar-refractivity contribution in [1.82, 2.24) is 10.2 Å². The van der Waals surface area contributed by atoms with E-state index in [0.717, 1.165) is 48.7 Å². The van der Waals surface area contributed by atoms with Crippen molar-refractivity contribution in [1.29, 1.82) is 0 Å². The minimum atomic E-state index is 0.0158. The molecule has 2 heterocycles. The maximum atomic E-state index is 12.4. The van der Waals surface area contributed by atoms with Crippen molar-refractivity contribution in [3.63, 3.8) is 0 Å². The number of carbonyl (C=O) groups excluding carboxylic acids is 1. The van der Waals surface area contributed by atoms with Crippen LogP contribution in [0.15, 0.2) is 60.2 Å². The predicted octanol–water partition coefficient (Wildman–Crippen LogP) is 2.86. The van der Waals surface area contributed by atoms with Crippen molar-refractivity contribution >= 4 is 5.91 Å². The van der Waals surface area contributed by atoms with E-state index in [1.54, 1.807) is 0 Å². The molecule has 1 amide bonds. The van der Waals surface area contributed by atoms with E-state index in [-0.39, 0.29) is 12.7 Å². The normalized spacial score (nSPS) is 16.2. The third-order valence-corrected chi connectivity index (χ3v) is 4.72. The molecule has 26 heavy (non-hydrogen) atoms. The lowest BCUT2D eigenvalue weighted by Gasteiger charge is -2.26. The van der Waals surface area contributed by atoms with Gasteiger partial charge in [-0.25, -0.2) is 0 Å². The lowest BCUT2D eigenvalue weighted by molar-refractivity contribution is -0.117. The summed E-state index contributed by atoms with van der Waals surface area (Å²) in [6.07, 6.45) is 2.82. The zero-order chi connectivity index (χ0) is 17.8. The van der Waals surface area contributed by atoms with Crippen LogP contribution in [-0.4, -0.2) is 30.7 Å². The second-order valence-electron chi connectivity index (χ2n) is 6.57. The molecule has 0 spiro atoms. The Balaban J connectivity index is 1.29. The fourth-order valence-electron chi connectivity index (χ4n) is 3.25. The number of hydrogen-bond donors (Lipinski definition) is 1. The summed E-state index contributed by atoms with van der Waals surface area (Å²) in [6.45, 7) is 3.38. The van der Waals surface area contributed by atoms with Gasteiger partial charge in [-0.1, -0.05) is 42.5 Å². The highest BCUT2D eigenvalue weighted by atomic mass is 16.7. The average molecular weight is 350 g/mol. The van der Waals surface area contributed by atoms with Gasteiger partial charge in [0.2, 0.25) is 12.7 Å². The van der Waals surface area contributed by atoms with Gasteiger partial charge in [-0.05, 0) is 29.7 Å². The molecule has 134 valence electrons. The smallest absolute Gasteiger partial charge is 0.247 e. The quantitative estimate of drug-likeness (QED) is 0.901. The van der Waals surface area contributed by atoms with Crippen LogP contribution in [0.3, 0.4) is 0 Å². The van der Waals surface area contributed by atoms with Gasteiger partial charge >= 0.3 is 0 Å². The largest absolute Gasteiger partial charge is 0.454 e. The Morgan fingerprint density at radius 2 is 1.88 bits per heavy atom. The van der Waals surface area contributed by atoms with Crippen molar-refractivity contribution in [3.05, 3.63) is 71.3 Å².